The molecule has 0 spiro atoms. The molecular formula is C5H12ClNO2. The summed E-state index contributed by atoms with van der Waals surface area (Å²) in [6.07, 6.45) is 1.15. The Hall–Kier alpha value is -0.280. The number of hydrogen-bond donors (Lipinski definition) is 1. The van der Waals surface area contributed by atoms with Crippen LogP contribution < -0.4 is 5.73 Å². The van der Waals surface area contributed by atoms with Crippen molar-refractivity contribution in [2.75, 3.05) is 13.7 Å². The van der Waals surface area contributed by atoms with E-state index in [0.717, 1.165) is 0 Å². The first-order chi connectivity index (χ1) is 3.81. The van der Waals surface area contributed by atoms with Crippen molar-refractivity contribution in [3.63, 3.8) is 0 Å². The summed E-state index contributed by atoms with van der Waals surface area (Å²) in [6, 6.07) is 0. The highest BCUT2D eigenvalue weighted by Gasteiger charge is 1.95. The summed E-state index contributed by atoms with van der Waals surface area (Å²) in [5.41, 5.74) is 5.12. The summed E-state index contributed by atoms with van der Waals surface area (Å²) >= 11 is 0. The lowest BCUT2D eigenvalue weighted by Gasteiger charge is -1.93. The van der Waals surface area contributed by atoms with Gasteiger partial charge in [0.05, 0.1) is 7.11 Å². The van der Waals surface area contributed by atoms with Crippen LogP contribution in [0, 0.1) is 0 Å². The van der Waals surface area contributed by atoms with Crippen LogP contribution in [0.3, 0.4) is 0 Å². The van der Waals surface area contributed by atoms with Gasteiger partial charge in [-0.05, 0) is 13.0 Å². The Morgan fingerprint density at radius 3 is 2.56 bits per heavy atom. The van der Waals surface area contributed by atoms with Crippen LogP contribution >= 0.6 is 12.4 Å². The maximum absolute atomic E-state index is 10.3. The van der Waals surface area contributed by atoms with Gasteiger partial charge in [0, 0.05) is 6.42 Å². The number of hydrogen-bond acceptors (Lipinski definition) is 3. The van der Waals surface area contributed by atoms with Crippen molar-refractivity contribution < 1.29 is 9.53 Å². The summed E-state index contributed by atoms with van der Waals surface area (Å²) in [5, 5.41) is 0. The van der Waals surface area contributed by atoms with Crippen LogP contribution in [0.15, 0.2) is 0 Å². The van der Waals surface area contributed by atoms with Gasteiger partial charge in [-0.25, -0.2) is 0 Å². The smallest absolute Gasteiger partial charge is 0.305 e. The van der Waals surface area contributed by atoms with E-state index in [-0.39, 0.29) is 18.4 Å². The number of nitrogens with two attached hydrogens (primary N) is 1. The first-order valence-electron chi connectivity index (χ1n) is 2.58. The number of ether oxygens (including phenoxy) is 1. The molecule has 3 nitrogen and oxygen atoms in total. The number of methoxy groups -OCH3 is 1. The molecule has 0 unspecified atom stereocenters. The number of carbonyl (C=O) groups excluding carboxylic acids is 1. The van der Waals surface area contributed by atoms with Gasteiger partial charge in [-0.2, -0.15) is 0 Å². The molecule has 9 heavy (non-hydrogen) atoms. The van der Waals surface area contributed by atoms with Gasteiger partial charge in [0.1, 0.15) is 0 Å². The van der Waals surface area contributed by atoms with Gasteiger partial charge in [0.15, 0.2) is 0 Å². The highest BCUT2D eigenvalue weighted by molar-refractivity contribution is 5.85. The Balaban J connectivity index is 0. The Morgan fingerprint density at radius 1 is 1.67 bits per heavy atom. The molecule has 0 heterocycles. The van der Waals surface area contributed by atoms with Crippen molar-refractivity contribution >= 4 is 18.4 Å². The van der Waals surface area contributed by atoms with Crippen molar-refractivity contribution in [3.05, 3.63) is 0 Å². The average molecular weight is 154 g/mol. The van der Waals surface area contributed by atoms with Crippen molar-refractivity contribution in [3.8, 4) is 0 Å². The van der Waals surface area contributed by atoms with Gasteiger partial charge in [0.25, 0.3) is 0 Å². The SMILES string of the molecule is COC(=O)CCCN.Cl. The van der Waals surface area contributed by atoms with E-state index in [1.54, 1.807) is 0 Å². The minimum atomic E-state index is -0.185. The second kappa shape index (κ2) is 7.72. The van der Waals surface area contributed by atoms with E-state index in [4.69, 9.17) is 5.73 Å². The van der Waals surface area contributed by atoms with Crippen molar-refractivity contribution in [2.45, 2.75) is 12.8 Å². The number of esters is 1. The zero-order valence-electron chi connectivity index (χ0n) is 5.42. The minimum Gasteiger partial charge on any atom is -0.469 e. The van der Waals surface area contributed by atoms with Gasteiger partial charge in [-0.3, -0.25) is 4.79 Å². The summed E-state index contributed by atoms with van der Waals surface area (Å²) in [5.74, 6) is -0.185. The largest absolute Gasteiger partial charge is 0.469 e. The van der Waals surface area contributed by atoms with Crippen LogP contribution in [0.25, 0.3) is 0 Å². The topological polar surface area (TPSA) is 52.3 Å². The zero-order valence-corrected chi connectivity index (χ0v) is 6.24. The predicted molar refractivity (Wildman–Crippen MR) is 37.6 cm³/mol. The molecule has 0 aromatic rings. The molecule has 56 valence electrons. The van der Waals surface area contributed by atoms with Gasteiger partial charge in [-0.15, -0.1) is 12.4 Å². The third-order valence-electron chi connectivity index (χ3n) is 0.813. The molecular weight excluding hydrogens is 142 g/mol. The fourth-order valence-electron chi connectivity index (χ4n) is 0.348. The first kappa shape index (κ1) is 11.5. The summed E-state index contributed by atoms with van der Waals surface area (Å²) in [6.45, 7) is 0.551. The van der Waals surface area contributed by atoms with E-state index < -0.39 is 0 Å². The molecule has 0 radical (unpaired) electrons. The monoisotopic (exact) mass is 153 g/mol. The molecule has 0 aliphatic carbocycles. The van der Waals surface area contributed by atoms with Gasteiger partial charge < -0.3 is 10.5 Å². The molecule has 0 saturated heterocycles. The third kappa shape index (κ3) is 7.72. The number of carbonyl (C=O) groups is 1. The van der Waals surface area contributed by atoms with Gasteiger partial charge in [-0.1, -0.05) is 0 Å². The fourth-order valence-corrected chi connectivity index (χ4v) is 0.348. The van der Waals surface area contributed by atoms with Crippen molar-refractivity contribution in [2.24, 2.45) is 5.73 Å². The number of rotatable bonds is 3. The molecule has 0 amide bonds. The average Bonchev–Trinajstić information content (AvgIpc) is 1.83. The van der Waals surface area contributed by atoms with E-state index >= 15 is 0 Å². The Kier molecular flexibility index (Phi) is 9.87. The van der Waals surface area contributed by atoms with Crippen molar-refractivity contribution in [1.29, 1.82) is 0 Å². The van der Waals surface area contributed by atoms with Crippen LogP contribution in [0.4, 0.5) is 0 Å². The maximum Gasteiger partial charge on any atom is 0.305 e. The molecule has 0 aromatic heterocycles. The molecule has 0 saturated carbocycles. The van der Waals surface area contributed by atoms with Crippen LogP contribution in [-0.4, -0.2) is 19.6 Å². The summed E-state index contributed by atoms with van der Waals surface area (Å²) in [7, 11) is 1.37. The van der Waals surface area contributed by atoms with Crippen LogP contribution in [0.2, 0.25) is 0 Å². The molecule has 0 bridgehead atoms. The highest BCUT2D eigenvalue weighted by Crippen LogP contribution is 1.86. The standard InChI is InChI=1S/C5H11NO2.ClH/c1-8-5(7)3-2-4-6;/h2-4,6H2,1H3;1H. The molecule has 0 aromatic carbocycles. The molecule has 2 N–H and O–H groups in total. The predicted octanol–water partition coefficient (Wildman–Crippen LogP) is 0.320. The van der Waals surface area contributed by atoms with E-state index in [1.165, 1.54) is 7.11 Å². The van der Waals surface area contributed by atoms with E-state index in [0.29, 0.717) is 19.4 Å². The van der Waals surface area contributed by atoms with Gasteiger partial charge in [0.2, 0.25) is 0 Å². The molecule has 0 rings (SSSR count). The number of halogens is 1. The van der Waals surface area contributed by atoms with Crippen LogP contribution in [-0.2, 0) is 9.53 Å². The maximum atomic E-state index is 10.3. The Morgan fingerprint density at radius 2 is 2.22 bits per heavy atom. The lowest BCUT2D eigenvalue weighted by atomic mass is 10.3. The molecule has 0 aliphatic rings. The minimum absolute atomic E-state index is 0. The summed E-state index contributed by atoms with van der Waals surface area (Å²) < 4.78 is 4.36. The normalized spacial score (nSPS) is 7.78. The first-order valence-corrected chi connectivity index (χ1v) is 2.58. The Labute approximate surface area is 61.0 Å². The third-order valence-corrected chi connectivity index (χ3v) is 0.813. The Bertz CT molecular complexity index is 77.4. The zero-order chi connectivity index (χ0) is 6.41. The second-order valence-electron chi connectivity index (χ2n) is 1.47. The lowest BCUT2D eigenvalue weighted by molar-refractivity contribution is -0.140. The second-order valence-corrected chi connectivity index (χ2v) is 1.47. The quantitative estimate of drug-likeness (QED) is 0.595. The van der Waals surface area contributed by atoms with Crippen LogP contribution in [0.5, 0.6) is 0 Å². The van der Waals surface area contributed by atoms with Crippen LogP contribution in [0.1, 0.15) is 12.8 Å². The summed E-state index contributed by atoms with van der Waals surface area (Å²) in [4.78, 5) is 10.3. The molecule has 0 fully saturated rings. The van der Waals surface area contributed by atoms with E-state index in [1.807, 2.05) is 0 Å². The fraction of sp³-hybridized carbons (Fsp3) is 0.800. The molecule has 0 aliphatic heterocycles. The van der Waals surface area contributed by atoms with Crippen molar-refractivity contribution in [1.82, 2.24) is 0 Å². The molecule has 0 atom stereocenters. The van der Waals surface area contributed by atoms with E-state index in [9.17, 15) is 4.79 Å². The highest BCUT2D eigenvalue weighted by atomic mass is 35.5. The lowest BCUT2D eigenvalue weighted by Crippen LogP contribution is -2.05. The molecule has 4 heteroatoms. The van der Waals surface area contributed by atoms with E-state index in [2.05, 4.69) is 4.74 Å². The van der Waals surface area contributed by atoms with Gasteiger partial charge >= 0.3 is 5.97 Å².